The number of amides is 1. The second-order valence-electron chi connectivity index (χ2n) is 5.95. The summed E-state index contributed by atoms with van der Waals surface area (Å²) in [5, 5.41) is 11.9. The smallest absolute Gasteiger partial charge is 0.335 e. The van der Waals surface area contributed by atoms with Gasteiger partial charge < -0.3 is 21.1 Å². The van der Waals surface area contributed by atoms with Crippen molar-refractivity contribution in [3.8, 4) is 0 Å². The Morgan fingerprint density at radius 2 is 1.44 bits per heavy atom. The number of anilines is 4. The predicted molar refractivity (Wildman–Crippen MR) is 106 cm³/mol. The van der Waals surface area contributed by atoms with Crippen molar-refractivity contribution in [1.29, 1.82) is 0 Å². The summed E-state index contributed by atoms with van der Waals surface area (Å²) in [6.07, 6.45) is 0. The highest BCUT2D eigenvalue weighted by molar-refractivity contribution is 5.97. The van der Waals surface area contributed by atoms with Crippen LogP contribution in [-0.2, 0) is 4.79 Å². The van der Waals surface area contributed by atoms with Gasteiger partial charge in [0.15, 0.2) is 0 Å². The van der Waals surface area contributed by atoms with E-state index in [1.165, 1.54) is 18.2 Å². The zero-order chi connectivity index (χ0) is 19.2. The lowest BCUT2D eigenvalue weighted by Crippen LogP contribution is -2.29. The molecule has 136 valence electrons. The highest BCUT2D eigenvalue weighted by atomic mass is 16.4. The van der Waals surface area contributed by atoms with E-state index >= 15 is 0 Å². The molecule has 0 aliphatic rings. The molecule has 0 atom stereocenters. The lowest BCUT2D eigenvalue weighted by molar-refractivity contribution is -0.114. The van der Waals surface area contributed by atoms with E-state index in [-0.39, 0.29) is 23.7 Å². The number of carbonyl (C=O) groups excluding carboxylic acids is 1. The molecule has 3 aromatic carbocycles. The van der Waals surface area contributed by atoms with Crippen molar-refractivity contribution in [2.75, 3.05) is 22.5 Å². The quantitative estimate of drug-likeness (QED) is 0.581. The zero-order valence-corrected chi connectivity index (χ0v) is 14.5. The Kier molecular flexibility index (Phi) is 5.37. The number of benzene rings is 3. The van der Waals surface area contributed by atoms with Crippen LogP contribution >= 0.6 is 0 Å². The van der Waals surface area contributed by atoms with E-state index in [1.54, 1.807) is 0 Å². The summed E-state index contributed by atoms with van der Waals surface area (Å²) < 4.78 is 0. The van der Waals surface area contributed by atoms with E-state index in [0.717, 1.165) is 11.4 Å². The van der Waals surface area contributed by atoms with E-state index in [0.29, 0.717) is 5.69 Å². The molecule has 27 heavy (non-hydrogen) atoms. The van der Waals surface area contributed by atoms with E-state index in [2.05, 4.69) is 5.32 Å². The monoisotopic (exact) mass is 361 g/mol. The molecule has 6 nitrogen and oxygen atoms in total. The average Bonchev–Trinajstić information content (AvgIpc) is 2.67. The number of nitrogens with one attached hydrogen (secondary N) is 1. The molecule has 0 aliphatic heterocycles. The summed E-state index contributed by atoms with van der Waals surface area (Å²) in [5.74, 6) is -1.39. The number of hydrogen-bond donors (Lipinski definition) is 3. The molecule has 0 bridgehead atoms. The lowest BCUT2D eigenvalue weighted by Gasteiger charge is -2.24. The van der Waals surface area contributed by atoms with Gasteiger partial charge in [0.25, 0.3) is 0 Å². The van der Waals surface area contributed by atoms with Gasteiger partial charge in [0.05, 0.1) is 5.56 Å². The standard InChI is InChI=1S/C21H19N3O3/c22-16-11-15(21(26)27)12-17(13-16)23-20(25)14-24(18-7-3-1-4-8-18)19-9-5-2-6-10-19/h1-13H,14,22H2,(H,23,25)(H,26,27). The molecule has 3 rings (SSSR count). The van der Waals surface area contributed by atoms with E-state index in [1.807, 2.05) is 65.6 Å². The number of carboxylic acid groups (broad SMARTS) is 1. The van der Waals surface area contributed by atoms with Crippen molar-refractivity contribution in [2.24, 2.45) is 0 Å². The van der Waals surface area contributed by atoms with Gasteiger partial charge in [-0.15, -0.1) is 0 Å². The third-order valence-electron chi connectivity index (χ3n) is 3.92. The number of carboxylic acids is 1. The summed E-state index contributed by atoms with van der Waals surface area (Å²) in [4.78, 5) is 25.7. The molecule has 0 aromatic heterocycles. The van der Waals surface area contributed by atoms with Gasteiger partial charge in [0.2, 0.25) is 5.91 Å². The minimum Gasteiger partial charge on any atom is -0.478 e. The van der Waals surface area contributed by atoms with Gasteiger partial charge in [-0.3, -0.25) is 4.79 Å². The Morgan fingerprint density at radius 1 is 0.889 bits per heavy atom. The van der Waals surface area contributed by atoms with Crippen LogP contribution < -0.4 is 16.0 Å². The third kappa shape index (κ3) is 4.64. The molecule has 0 saturated carbocycles. The maximum Gasteiger partial charge on any atom is 0.335 e. The Bertz CT molecular complexity index is 904. The molecule has 6 heteroatoms. The summed E-state index contributed by atoms with van der Waals surface area (Å²) in [6, 6.07) is 23.4. The summed E-state index contributed by atoms with van der Waals surface area (Å²) >= 11 is 0. The van der Waals surface area contributed by atoms with Crippen LogP contribution in [0.25, 0.3) is 0 Å². The van der Waals surface area contributed by atoms with Gasteiger partial charge >= 0.3 is 5.97 Å². The molecule has 0 heterocycles. The van der Waals surface area contributed by atoms with Crippen molar-refractivity contribution in [1.82, 2.24) is 0 Å². The fourth-order valence-electron chi connectivity index (χ4n) is 2.74. The molecule has 0 unspecified atom stereocenters. The van der Waals surface area contributed by atoms with Crippen LogP contribution in [0.3, 0.4) is 0 Å². The van der Waals surface area contributed by atoms with Gasteiger partial charge in [0, 0.05) is 22.7 Å². The van der Waals surface area contributed by atoms with Gasteiger partial charge in [-0.25, -0.2) is 4.79 Å². The van der Waals surface area contributed by atoms with Crippen LogP contribution in [-0.4, -0.2) is 23.5 Å². The fraction of sp³-hybridized carbons (Fsp3) is 0.0476. The van der Waals surface area contributed by atoms with E-state index in [9.17, 15) is 9.59 Å². The van der Waals surface area contributed by atoms with Crippen molar-refractivity contribution in [2.45, 2.75) is 0 Å². The molecule has 0 saturated heterocycles. The van der Waals surface area contributed by atoms with Gasteiger partial charge in [-0.2, -0.15) is 0 Å². The van der Waals surface area contributed by atoms with Gasteiger partial charge in [0.1, 0.15) is 6.54 Å². The van der Waals surface area contributed by atoms with Crippen LogP contribution in [0.2, 0.25) is 0 Å². The summed E-state index contributed by atoms with van der Waals surface area (Å²) in [6.45, 7) is 0.0607. The Morgan fingerprint density at radius 3 is 1.96 bits per heavy atom. The molecule has 0 fully saturated rings. The first-order chi connectivity index (χ1) is 13.0. The molecular weight excluding hydrogens is 342 g/mol. The van der Waals surface area contributed by atoms with E-state index < -0.39 is 5.97 Å². The Labute approximate surface area is 156 Å². The number of rotatable bonds is 6. The van der Waals surface area contributed by atoms with E-state index in [4.69, 9.17) is 10.8 Å². The number of hydrogen-bond acceptors (Lipinski definition) is 4. The first kappa shape index (κ1) is 18.0. The van der Waals surface area contributed by atoms with Gasteiger partial charge in [-0.1, -0.05) is 36.4 Å². The molecule has 3 aromatic rings. The molecule has 0 spiro atoms. The molecule has 0 aliphatic carbocycles. The Hall–Kier alpha value is -3.80. The van der Waals surface area contributed by atoms with Crippen LogP contribution in [0.15, 0.2) is 78.9 Å². The largest absolute Gasteiger partial charge is 0.478 e. The number of nitrogen functional groups attached to an aromatic ring is 1. The third-order valence-corrected chi connectivity index (χ3v) is 3.92. The highest BCUT2D eigenvalue weighted by Crippen LogP contribution is 2.25. The van der Waals surface area contributed by atoms with Crippen molar-refractivity contribution < 1.29 is 14.7 Å². The highest BCUT2D eigenvalue weighted by Gasteiger charge is 2.15. The molecule has 0 radical (unpaired) electrons. The van der Waals surface area contributed by atoms with Gasteiger partial charge in [-0.05, 0) is 42.5 Å². The van der Waals surface area contributed by atoms with Crippen LogP contribution in [0.1, 0.15) is 10.4 Å². The van der Waals surface area contributed by atoms with Crippen molar-refractivity contribution >= 4 is 34.6 Å². The molecule has 4 N–H and O–H groups in total. The summed E-state index contributed by atoms with van der Waals surface area (Å²) in [5.41, 5.74) is 8.12. The van der Waals surface area contributed by atoms with Crippen molar-refractivity contribution in [3.05, 3.63) is 84.4 Å². The number of nitrogens with two attached hydrogens (primary N) is 1. The Balaban J connectivity index is 1.82. The molecule has 1 amide bonds. The van der Waals surface area contributed by atoms with Crippen LogP contribution in [0.4, 0.5) is 22.7 Å². The second-order valence-corrected chi connectivity index (χ2v) is 5.95. The predicted octanol–water partition coefficient (Wildman–Crippen LogP) is 3.74. The van der Waals surface area contributed by atoms with Crippen LogP contribution in [0, 0.1) is 0 Å². The first-order valence-corrected chi connectivity index (χ1v) is 8.34. The maximum absolute atomic E-state index is 12.6. The second kappa shape index (κ2) is 8.05. The zero-order valence-electron chi connectivity index (χ0n) is 14.5. The van der Waals surface area contributed by atoms with Crippen LogP contribution in [0.5, 0.6) is 0 Å². The number of carbonyl (C=O) groups is 2. The normalized spacial score (nSPS) is 10.2. The minimum absolute atomic E-state index is 0.0216. The lowest BCUT2D eigenvalue weighted by atomic mass is 10.1. The SMILES string of the molecule is Nc1cc(NC(=O)CN(c2ccccc2)c2ccccc2)cc(C(=O)O)c1. The first-order valence-electron chi connectivity index (χ1n) is 8.34. The van der Waals surface area contributed by atoms with Crippen molar-refractivity contribution in [3.63, 3.8) is 0 Å². The maximum atomic E-state index is 12.6. The number of para-hydroxylation sites is 2. The fourth-order valence-corrected chi connectivity index (χ4v) is 2.74. The summed E-state index contributed by atoms with van der Waals surface area (Å²) in [7, 11) is 0. The molecular formula is C21H19N3O3. The number of nitrogens with zero attached hydrogens (tertiary/aromatic N) is 1. The minimum atomic E-state index is -1.10. The average molecular weight is 361 g/mol. The topological polar surface area (TPSA) is 95.7 Å². The number of aromatic carboxylic acids is 1.